The molecule has 0 aromatic heterocycles. The molecule has 2 aliphatic rings. The highest BCUT2D eigenvalue weighted by molar-refractivity contribution is 6.18. The third-order valence-electron chi connectivity index (χ3n) is 2.74. The number of hydrogen-bond donors (Lipinski definition) is 0. The largest absolute Gasteiger partial charge is 0.290 e. The summed E-state index contributed by atoms with van der Waals surface area (Å²) >= 11 is 0. The maximum absolute atomic E-state index is 11.2. The third kappa shape index (κ3) is 1.89. The van der Waals surface area contributed by atoms with Crippen molar-refractivity contribution in [3.05, 3.63) is 45.8 Å². The maximum Gasteiger partial charge on any atom is 0.179 e. The van der Waals surface area contributed by atoms with Crippen LogP contribution in [0.15, 0.2) is 24.3 Å². The van der Waals surface area contributed by atoms with Crippen molar-refractivity contribution in [3.8, 4) is 0 Å². The van der Waals surface area contributed by atoms with Gasteiger partial charge in [0.1, 0.15) is 0 Å². The fourth-order valence-electron chi connectivity index (χ4n) is 1.95. The molecule has 0 fully saturated rings. The first-order valence-corrected chi connectivity index (χ1v) is 5.04. The molecule has 0 radical (unpaired) electrons. The van der Waals surface area contributed by atoms with Gasteiger partial charge in [-0.15, -0.1) is 0 Å². The van der Waals surface area contributed by atoms with Crippen LogP contribution in [0.4, 0.5) is 0 Å². The highest BCUT2D eigenvalue weighted by Crippen LogP contribution is 2.05. The Morgan fingerprint density at radius 1 is 0.647 bits per heavy atom. The van der Waals surface area contributed by atoms with Gasteiger partial charge in [0.05, 0.1) is 0 Å². The fraction of sp³-hybridized carbons (Fsp3) is 0.0667. The van der Waals surface area contributed by atoms with Crippen LogP contribution in [-0.2, 0) is 9.59 Å². The van der Waals surface area contributed by atoms with E-state index in [9.17, 15) is 9.59 Å². The minimum atomic E-state index is 0. The van der Waals surface area contributed by atoms with E-state index in [1.807, 2.05) is 12.1 Å². The lowest BCUT2D eigenvalue weighted by molar-refractivity contribution is -0.110. The van der Waals surface area contributed by atoms with Crippen LogP contribution in [0.3, 0.4) is 0 Å². The number of allylic oxidation sites excluding steroid dienone is 2. The minimum absolute atomic E-state index is 0. The van der Waals surface area contributed by atoms with E-state index in [0.29, 0.717) is 0 Å². The quantitative estimate of drug-likeness (QED) is 0.660. The summed E-state index contributed by atoms with van der Waals surface area (Å²) in [6.45, 7) is 0. The van der Waals surface area contributed by atoms with E-state index in [4.69, 9.17) is 0 Å². The Balaban J connectivity index is 0.00000108. The Morgan fingerprint density at radius 2 is 1.06 bits per heavy atom. The molecule has 0 aliphatic heterocycles. The lowest BCUT2D eigenvalue weighted by atomic mass is 9.97. The Kier molecular flexibility index (Phi) is 2.64. The molecule has 2 nitrogen and oxygen atoms in total. The average molecular weight is 224 g/mol. The molecule has 1 aromatic rings. The summed E-state index contributed by atoms with van der Waals surface area (Å²) in [6, 6.07) is 3.87. The number of carbonyl (C=O) groups is 2. The Bertz CT molecular complexity index is 627. The molecule has 1 aromatic carbocycles. The Labute approximate surface area is 99.3 Å². The molecule has 0 spiro atoms. The molecule has 2 aliphatic carbocycles. The SMILES string of the molecule is C.O=C1C=Cc2cc3c(cc2=C1)C=CC(=O)C=3. The first kappa shape index (κ1) is 11.3. The standard InChI is InChI=1S/C14H8O2.CH4/c15-13-3-1-9-5-12-8-14(16)4-2-10(12)6-11(9)7-13;/h1-8H;1H4. The predicted molar refractivity (Wildman–Crippen MR) is 69.4 cm³/mol. The van der Waals surface area contributed by atoms with Gasteiger partial charge in [-0.2, -0.15) is 0 Å². The van der Waals surface area contributed by atoms with Crippen LogP contribution in [0, 0.1) is 0 Å². The molecular formula is C15H12O2. The lowest BCUT2D eigenvalue weighted by Crippen LogP contribution is -2.21. The van der Waals surface area contributed by atoms with Crippen molar-refractivity contribution in [2.75, 3.05) is 0 Å². The van der Waals surface area contributed by atoms with Gasteiger partial charge in [0.2, 0.25) is 0 Å². The van der Waals surface area contributed by atoms with Crippen molar-refractivity contribution in [2.24, 2.45) is 0 Å². The van der Waals surface area contributed by atoms with Crippen LogP contribution in [0.25, 0.3) is 24.3 Å². The summed E-state index contributed by atoms with van der Waals surface area (Å²) in [5.41, 5.74) is 1.97. The van der Waals surface area contributed by atoms with Crippen LogP contribution < -0.4 is 10.4 Å². The zero-order chi connectivity index (χ0) is 11.1. The highest BCUT2D eigenvalue weighted by Gasteiger charge is 2.06. The molecule has 0 heterocycles. The number of benzene rings is 1. The monoisotopic (exact) mass is 224 g/mol. The van der Waals surface area contributed by atoms with E-state index in [2.05, 4.69) is 0 Å². The van der Waals surface area contributed by atoms with E-state index in [0.717, 1.165) is 21.6 Å². The van der Waals surface area contributed by atoms with Gasteiger partial charge >= 0.3 is 0 Å². The molecule has 0 atom stereocenters. The molecule has 3 rings (SSSR count). The fourth-order valence-corrected chi connectivity index (χ4v) is 1.95. The first-order chi connectivity index (χ1) is 7.72. The minimum Gasteiger partial charge on any atom is -0.290 e. The molecule has 0 bridgehead atoms. The van der Waals surface area contributed by atoms with Crippen LogP contribution in [0.1, 0.15) is 18.6 Å². The molecule has 0 unspecified atom stereocenters. The normalized spacial score (nSPS) is 15.3. The smallest absolute Gasteiger partial charge is 0.179 e. The Morgan fingerprint density at radius 3 is 1.47 bits per heavy atom. The van der Waals surface area contributed by atoms with Crippen LogP contribution in [0.2, 0.25) is 0 Å². The van der Waals surface area contributed by atoms with Crippen molar-refractivity contribution in [3.63, 3.8) is 0 Å². The first-order valence-electron chi connectivity index (χ1n) is 5.04. The van der Waals surface area contributed by atoms with E-state index in [1.54, 1.807) is 24.3 Å². The number of hydrogen-bond acceptors (Lipinski definition) is 2. The zero-order valence-electron chi connectivity index (χ0n) is 8.44. The summed E-state index contributed by atoms with van der Waals surface area (Å²) < 4.78 is 0. The van der Waals surface area contributed by atoms with Gasteiger partial charge < -0.3 is 0 Å². The number of rotatable bonds is 0. The van der Waals surface area contributed by atoms with E-state index in [-0.39, 0.29) is 19.0 Å². The van der Waals surface area contributed by atoms with Gasteiger partial charge in [0.25, 0.3) is 0 Å². The molecule has 2 heteroatoms. The van der Waals surface area contributed by atoms with E-state index >= 15 is 0 Å². The van der Waals surface area contributed by atoms with Crippen molar-refractivity contribution >= 4 is 35.9 Å². The zero-order valence-corrected chi connectivity index (χ0v) is 8.44. The second-order valence-corrected chi connectivity index (χ2v) is 3.87. The van der Waals surface area contributed by atoms with Crippen molar-refractivity contribution in [1.29, 1.82) is 0 Å². The summed E-state index contributed by atoms with van der Waals surface area (Å²) in [6.07, 6.45) is 9.87. The summed E-state index contributed by atoms with van der Waals surface area (Å²) in [5, 5.41) is 1.83. The summed E-state index contributed by atoms with van der Waals surface area (Å²) in [7, 11) is 0. The molecule has 0 saturated heterocycles. The summed E-state index contributed by atoms with van der Waals surface area (Å²) in [4.78, 5) is 22.4. The molecule has 0 amide bonds. The van der Waals surface area contributed by atoms with Crippen LogP contribution in [0.5, 0.6) is 0 Å². The number of fused-ring (bicyclic) bond motifs is 2. The van der Waals surface area contributed by atoms with Crippen molar-refractivity contribution in [2.45, 2.75) is 7.43 Å². The average Bonchev–Trinajstić information content (AvgIpc) is 2.26. The van der Waals surface area contributed by atoms with Gasteiger partial charge in [0, 0.05) is 0 Å². The lowest BCUT2D eigenvalue weighted by Gasteiger charge is -2.06. The second kappa shape index (κ2) is 3.98. The summed E-state index contributed by atoms with van der Waals surface area (Å²) in [5.74, 6) is 0.0135. The second-order valence-electron chi connectivity index (χ2n) is 3.87. The third-order valence-corrected chi connectivity index (χ3v) is 2.74. The molecule has 84 valence electrons. The topological polar surface area (TPSA) is 34.1 Å². The number of ketones is 2. The van der Waals surface area contributed by atoms with Crippen molar-refractivity contribution < 1.29 is 9.59 Å². The van der Waals surface area contributed by atoms with Gasteiger partial charge in [-0.1, -0.05) is 19.6 Å². The Hall–Kier alpha value is -2.22. The number of carbonyl (C=O) groups excluding carboxylic acids is 2. The van der Waals surface area contributed by atoms with Crippen LogP contribution >= 0.6 is 0 Å². The van der Waals surface area contributed by atoms with Gasteiger partial charge in [-0.05, 0) is 58.0 Å². The molecule has 0 saturated carbocycles. The van der Waals surface area contributed by atoms with E-state index < -0.39 is 0 Å². The highest BCUT2D eigenvalue weighted by atomic mass is 16.1. The van der Waals surface area contributed by atoms with Gasteiger partial charge in [0.15, 0.2) is 11.6 Å². The molecule has 0 N–H and O–H groups in total. The van der Waals surface area contributed by atoms with Gasteiger partial charge in [-0.3, -0.25) is 9.59 Å². The maximum atomic E-state index is 11.2. The van der Waals surface area contributed by atoms with Gasteiger partial charge in [-0.25, -0.2) is 0 Å². The molecular weight excluding hydrogens is 212 g/mol. The van der Waals surface area contributed by atoms with E-state index in [1.165, 1.54) is 12.2 Å². The molecule has 17 heavy (non-hydrogen) atoms. The van der Waals surface area contributed by atoms with Crippen molar-refractivity contribution in [1.82, 2.24) is 0 Å². The predicted octanol–water partition coefficient (Wildman–Crippen LogP) is 1.08. The van der Waals surface area contributed by atoms with Crippen LogP contribution in [-0.4, -0.2) is 11.6 Å².